The molecule has 0 aromatic heterocycles. The van der Waals surface area contributed by atoms with Crippen molar-refractivity contribution in [2.75, 3.05) is 6.54 Å². The number of hydrogen-bond acceptors (Lipinski definition) is 3. The molecule has 0 radical (unpaired) electrons. The SMILES string of the molecule is CC(C)(C)OC(=O)NCC(=O)NCc1ccc(Br)cc1F. The van der Waals surface area contributed by atoms with Gasteiger partial charge in [0.15, 0.2) is 0 Å². The maximum Gasteiger partial charge on any atom is 0.408 e. The maximum absolute atomic E-state index is 13.5. The van der Waals surface area contributed by atoms with Crippen LogP contribution < -0.4 is 10.6 Å². The number of hydrogen-bond donors (Lipinski definition) is 2. The van der Waals surface area contributed by atoms with E-state index in [0.717, 1.165) is 0 Å². The van der Waals surface area contributed by atoms with Gasteiger partial charge in [-0.15, -0.1) is 0 Å². The maximum atomic E-state index is 13.5. The lowest BCUT2D eigenvalue weighted by molar-refractivity contribution is -0.120. The number of nitrogens with one attached hydrogen (secondary N) is 2. The molecule has 0 atom stereocenters. The highest BCUT2D eigenvalue weighted by Gasteiger charge is 2.16. The van der Waals surface area contributed by atoms with E-state index in [-0.39, 0.29) is 13.1 Å². The first-order chi connectivity index (χ1) is 9.67. The van der Waals surface area contributed by atoms with Crippen molar-refractivity contribution < 1.29 is 18.7 Å². The van der Waals surface area contributed by atoms with Gasteiger partial charge in [0.05, 0.1) is 0 Å². The number of amides is 2. The predicted octanol–water partition coefficient (Wildman–Crippen LogP) is 2.73. The van der Waals surface area contributed by atoms with Gasteiger partial charge in [-0.05, 0) is 32.9 Å². The molecule has 0 saturated heterocycles. The van der Waals surface area contributed by atoms with Gasteiger partial charge in [0, 0.05) is 16.6 Å². The van der Waals surface area contributed by atoms with Crippen molar-refractivity contribution in [1.82, 2.24) is 10.6 Å². The summed E-state index contributed by atoms with van der Waals surface area (Å²) in [5.41, 5.74) is -0.259. The summed E-state index contributed by atoms with van der Waals surface area (Å²) in [5.74, 6) is -0.840. The molecule has 0 aliphatic carbocycles. The average molecular weight is 361 g/mol. The largest absolute Gasteiger partial charge is 0.444 e. The van der Waals surface area contributed by atoms with Crippen LogP contribution in [0.5, 0.6) is 0 Å². The molecule has 0 unspecified atom stereocenters. The van der Waals surface area contributed by atoms with E-state index >= 15 is 0 Å². The Labute approximate surface area is 131 Å². The van der Waals surface area contributed by atoms with Gasteiger partial charge in [-0.25, -0.2) is 9.18 Å². The molecule has 1 aromatic rings. The Morgan fingerprint density at radius 1 is 1.29 bits per heavy atom. The van der Waals surface area contributed by atoms with Gasteiger partial charge in [0.1, 0.15) is 18.0 Å². The van der Waals surface area contributed by atoms with Crippen LogP contribution in [0.15, 0.2) is 22.7 Å². The van der Waals surface area contributed by atoms with Gasteiger partial charge < -0.3 is 15.4 Å². The molecule has 0 bridgehead atoms. The van der Waals surface area contributed by atoms with Crippen LogP contribution in [0.25, 0.3) is 0 Å². The van der Waals surface area contributed by atoms with E-state index in [1.54, 1.807) is 32.9 Å². The quantitative estimate of drug-likeness (QED) is 0.867. The van der Waals surface area contributed by atoms with Gasteiger partial charge >= 0.3 is 6.09 Å². The van der Waals surface area contributed by atoms with E-state index in [1.165, 1.54) is 6.07 Å². The summed E-state index contributed by atoms with van der Waals surface area (Å²) in [6, 6.07) is 4.57. The van der Waals surface area contributed by atoms with E-state index in [9.17, 15) is 14.0 Å². The molecule has 5 nitrogen and oxygen atoms in total. The second-order valence-electron chi connectivity index (χ2n) is 5.37. The highest BCUT2D eigenvalue weighted by molar-refractivity contribution is 9.10. The Kier molecular flexibility index (Phi) is 6.14. The molecule has 1 aromatic carbocycles. The molecule has 2 amide bonds. The number of halogens is 2. The molecule has 2 N–H and O–H groups in total. The van der Waals surface area contributed by atoms with E-state index in [2.05, 4.69) is 26.6 Å². The highest BCUT2D eigenvalue weighted by Crippen LogP contribution is 2.14. The number of carbonyl (C=O) groups excluding carboxylic acids is 2. The molecule has 0 spiro atoms. The summed E-state index contributed by atoms with van der Waals surface area (Å²) in [7, 11) is 0. The molecule has 21 heavy (non-hydrogen) atoms. The fourth-order valence-electron chi connectivity index (χ4n) is 1.39. The molecular formula is C14H18BrFN2O3. The van der Waals surface area contributed by atoms with Gasteiger partial charge in [0.2, 0.25) is 5.91 Å². The Morgan fingerprint density at radius 3 is 2.52 bits per heavy atom. The smallest absolute Gasteiger partial charge is 0.408 e. The molecule has 0 heterocycles. The van der Waals surface area contributed by atoms with Gasteiger partial charge in [-0.2, -0.15) is 0 Å². The van der Waals surface area contributed by atoms with Crippen LogP contribution in [0.2, 0.25) is 0 Å². The zero-order valence-corrected chi connectivity index (χ0v) is 13.7. The van der Waals surface area contributed by atoms with E-state index in [0.29, 0.717) is 10.0 Å². The lowest BCUT2D eigenvalue weighted by Gasteiger charge is -2.19. The van der Waals surface area contributed by atoms with Crippen molar-refractivity contribution in [3.8, 4) is 0 Å². The molecule has 116 valence electrons. The molecule has 0 fully saturated rings. The molecular weight excluding hydrogens is 343 g/mol. The zero-order chi connectivity index (χ0) is 16.0. The average Bonchev–Trinajstić information content (AvgIpc) is 2.33. The molecule has 1 rings (SSSR count). The highest BCUT2D eigenvalue weighted by atomic mass is 79.9. The monoisotopic (exact) mass is 360 g/mol. The second kappa shape index (κ2) is 7.40. The Hall–Kier alpha value is -1.63. The third kappa shape index (κ3) is 7.08. The first-order valence-electron chi connectivity index (χ1n) is 6.35. The second-order valence-corrected chi connectivity index (χ2v) is 6.28. The molecule has 7 heteroatoms. The fourth-order valence-corrected chi connectivity index (χ4v) is 1.72. The Bertz CT molecular complexity index is 529. The number of ether oxygens (including phenoxy) is 1. The first kappa shape index (κ1) is 17.4. The van der Waals surface area contributed by atoms with Crippen LogP contribution in [-0.2, 0) is 16.1 Å². The Morgan fingerprint density at radius 2 is 1.95 bits per heavy atom. The number of benzene rings is 1. The van der Waals surface area contributed by atoms with Crippen molar-refractivity contribution in [1.29, 1.82) is 0 Å². The van der Waals surface area contributed by atoms with Crippen molar-refractivity contribution in [3.05, 3.63) is 34.1 Å². The van der Waals surface area contributed by atoms with Gasteiger partial charge in [-0.1, -0.05) is 22.0 Å². The summed E-state index contributed by atoms with van der Waals surface area (Å²) < 4.78 is 19.1. The van der Waals surface area contributed by atoms with E-state index < -0.39 is 23.4 Å². The summed E-state index contributed by atoms with van der Waals surface area (Å²) in [6.07, 6.45) is -0.674. The number of carbonyl (C=O) groups is 2. The summed E-state index contributed by atoms with van der Waals surface area (Å²) in [5, 5.41) is 4.84. The zero-order valence-electron chi connectivity index (χ0n) is 12.1. The number of alkyl carbamates (subject to hydrolysis) is 1. The van der Waals surface area contributed by atoms with Gasteiger partial charge in [0.25, 0.3) is 0 Å². The van der Waals surface area contributed by atoms with Crippen molar-refractivity contribution >= 4 is 27.9 Å². The topological polar surface area (TPSA) is 67.4 Å². The number of rotatable bonds is 4. The first-order valence-corrected chi connectivity index (χ1v) is 7.14. The van der Waals surface area contributed by atoms with Crippen LogP contribution in [-0.4, -0.2) is 24.1 Å². The third-order valence-electron chi connectivity index (χ3n) is 2.28. The van der Waals surface area contributed by atoms with E-state index in [1.807, 2.05) is 0 Å². The molecule has 0 aliphatic rings. The lowest BCUT2D eigenvalue weighted by Crippen LogP contribution is -2.39. The van der Waals surface area contributed by atoms with Crippen LogP contribution in [0, 0.1) is 5.82 Å². The predicted molar refractivity (Wildman–Crippen MR) is 80.2 cm³/mol. The normalized spacial score (nSPS) is 10.9. The van der Waals surface area contributed by atoms with E-state index in [4.69, 9.17) is 4.74 Å². The van der Waals surface area contributed by atoms with Crippen LogP contribution >= 0.6 is 15.9 Å². The van der Waals surface area contributed by atoms with Crippen LogP contribution in [0.1, 0.15) is 26.3 Å². The van der Waals surface area contributed by atoms with Crippen molar-refractivity contribution in [2.45, 2.75) is 32.9 Å². The minimum absolute atomic E-state index is 0.0495. The van der Waals surface area contributed by atoms with Gasteiger partial charge in [-0.3, -0.25) is 4.79 Å². The van der Waals surface area contributed by atoms with Crippen LogP contribution in [0.4, 0.5) is 9.18 Å². The lowest BCUT2D eigenvalue weighted by atomic mass is 10.2. The third-order valence-corrected chi connectivity index (χ3v) is 2.78. The molecule has 0 saturated carbocycles. The summed E-state index contributed by atoms with van der Waals surface area (Å²) >= 11 is 3.15. The van der Waals surface area contributed by atoms with Crippen molar-refractivity contribution in [2.24, 2.45) is 0 Å². The molecule has 0 aliphatic heterocycles. The minimum Gasteiger partial charge on any atom is -0.444 e. The minimum atomic E-state index is -0.674. The summed E-state index contributed by atoms with van der Waals surface area (Å²) in [6.45, 7) is 5.00. The van der Waals surface area contributed by atoms with Crippen LogP contribution in [0.3, 0.4) is 0 Å². The Balaban J connectivity index is 2.36. The van der Waals surface area contributed by atoms with Crippen molar-refractivity contribution in [3.63, 3.8) is 0 Å². The standard InChI is InChI=1S/C14H18BrFN2O3/c1-14(2,3)21-13(20)18-8-12(19)17-7-9-4-5-10(15)6-11(9)16/h4-6H,7-8H2,1-3H3,(H,17,19)(H,18,20). The fraction of sp³-hybridized carbons (Fsp3) is 0.429. The summed E-state index contributed by atoms with van der Waals surface area (Å²) in [4.78, 5) is 22.9.